The normalized spacial score (nSPS) is 15.2. The molecular weight excluding hydrogens is 408 g/mol. The molecule has 0 atom stereocenters. The third-order valence-corrected chi connectivity index (χ3v) is 5.84. The Morgan fingerprint density at radius 2 is 1.68 bits per heavy atom. The second-order valence-corrected chi connectivity index (χ2v) is 9.17. The summed E-state index contributed by atoms with van der Waals surface area (Å²) in [4.78, 5) is 2.31. The van der Waals surface area contributed by atoms with Gasteiger partial charge in [-0.1, -0.05) is 51.1 Å². The van der Waals surface area contributed by atoms with Gasteiger partial charge in [0, 0.05) is 18.8 Å². The topological polar surface area (TPSA) is 44.5 Å². The Morgan fingerprint density at radius 1 is 1.00 bits per heavy atom. The van der Waals surface area contributed by atoms with Crippen molar-refractivity contribution in [1.29, 1.82) is 0 Å². The van der Waals surface area contributed by atoms with Crippen LogP contribution in [-0.2, 0) is 23.4 Å². The summed E-state index contributed by atoms with van der Waals surface area (Å²) >= 11 is 5.85. The highest BCUT2D eigenvalue weighted by Gasteiger charge is 2.18. The van der Waals surface area contributed by atoms with Crippen LogP contribution in [-0.4, -0.2) is 45.6 Å². The lowest BCUT2D eigenvalue weighted by molar-refractivity contribution is 0.0209. The molecule has 31 heavy (non-hydrogen) atoms. The van der Waals surface area contributed by atoms with Crippen LogP contribution < -0.4 is 4.74 Å². The van der Waals surface area contributed by atoms with E-state index in [4.69, 9.17) is 26.8 Å². The van der Waals surface area contributed by atoms with E-state index in [9.17, 15) is 0 Å². The average molecular weight is 439 g/mol. The standard InChI is InChI=1S/C24H30N4O2S/c1-24(2,3)19-9-11-20(12-10-19)28-22(17-30-21-7-5-4-6-8-21)25-27(23(28)31)18-26-13-15-29-16-14-26/h4-12H,13-18H2,1-3H3. The van der Waals surface area contributed by atoms with Crippen LogP contribution in [0, 0.1) is 4.77 Å². The van der Waals surface area contributed by atoms with Crippen molar-refractivity contribution >= 4 is 12.2 Å². The van der Waals surface area contributed by atoms with Crippen LogP contribution >= 0.6 is 12.2 Å². The summed E-state index contributed by atoms with van der Waals surface area (Å²) in [6.07, 6.45) is 0. The second kappa shape index (κ2) is 9.34. The van der Waals surface area contributed by atoms with Crippen LogP contribution in [0.3, 0.4) is 0 Å². The zero-order valence-electron chi connectivity index (χ0n) is 18.5. The first-order valence-corrected chi connectivity index (χ1v) is 11.1. The molecule has 0 unspecified atom stereocenters. The number of rotatable bonds is 6. The van der Waals surface area contributed by atoms with E-state index in [1.807, 2.05) is 39.6 Å². The molecule has 1 fully saturated rings. The molecular formula is C24H30N4O2S. The zero-order chi connectivity index (χ0) is 21.8. The number of nitrogens with zero attached hydrogens (tertiary/aromatic N) is 4. The van der Waals surface area contributed by atoms with Crippen molar-refractivity contribution in [3.63, 3.8) is 0 Å². The maximum atomic E-state index is 6.01. The minimum Gasteiger partial charge on any atom is -0.486 e. The van der Waals surface area contributed by atoms with Gasteiger partial charge in [-0.3, -0.25) is 9.47 Å². The van der Waals surface area contributed by atoms with Crippen molar-refractivity contribution in [2.45, 2.75) is 39.5 Å². The van der Waals surface area contributed by atoms with Gasteiger partial charge in [0.2, 0.25) is 4.77 Å². The lowest BCUT2D eigenvalue weighted by Crippen LogP contribution is -2.37. The van der Waals surface area contributed by atoms with E-state index in [1.54, 1.807) is 0 Å². The first kappa shape index (κ1) is 21.7. The number of hydrogen-bond donors (Lipinski definition) is 0. The van der Waals surface area contributed by atoms with Crippen LogP contribution in [0.2, 0.25) is 0 Å². The van der Waals surface area contributed by atoms with Crippen molar-refractivity contribution < 1.29 is 9.47 Å². The summed E-state index contributed by atoms with van der Waals surface area (Å²) in [7, 11) is 0. The molecule has 3 aromatic rings. The highest BCUT2D eigenvalue weighted by atomic mass is 32.1. The van der Waals surface area contributed by atoms with Crippen molar-refractivity contribution in [1.82, 2.24) is 19.2 Å². The molecule has 0 radical (unpaired) electrons. The molecule has 164 valence electrons. The summed E-state index contributed by atoms with van der Waals surface area (Å²) in [6, 6.07) is 18.4. The van der Waals surface area contributed by atoms with Gasteiger partial charge in [-0.05, 0) is 47.5 Å². The lowest BCUT2D eigenvalue weighted by Gasteiger charge is -2.26. The van der Waals surface area contributed by atoms with Crippen LogP contribution in [0.25, 0.3) is 5.69 Å². The molecule has 2 heterocycles. The van der Waals surface area contributed by atoms with Crippen molar-refractivity contribution in [2.75, 3.05) is 26.3 Å². The van der Waals surface area contributed by atoms with Crippen molar-refractivity contribution in [2.24, 2.45) is 0 Å². The fourth-order valence-electron chi connectivity index (χ4n) is 3.60. The number of aromatic nitrogens is 3. The van der Waals surface area contributed by atoms with Crippen molar-refractivity contribution in [3.8, 4) is 11.4 Å². The van der Waals surface area contributed by atoms with Gasteiger partial charge in [0.25, 0.3) is 0 Å². The summed E-state index contributed by atoms with van der Waals surface area (Å²) < 4.78 is 16.1. The molecule has 6 nitrogen and oxygen atoms in total. The number of benzene rings is 2. The summed E-state index contributed by atoms with van der Waals surface area (Å²) in [5.74, 6) is 1.59. The van der Waals surface area contributed by atoms with E-state index >= 15 is 0 Å². The Labute approximate surface area is 189 Å². The third-order valence-electron chi connectivity index (χ3n) is 5.45. The molecule has 1 aliphatic rings. The van der Waals surface area contributed by atoms with E-state index in [1.165, 1.54) is 5.56 Å². The van der Waals surface area contributed by atoms with Gasteiger partial charge in [0.15, 0.2) is 5.82 Å². The van der Waals surface area contributed by atoms with Gasteiger partial charge in [0.1, 0.15) is 12.4 Å². The Kier molecular flexibility index (Phi) is 6.55. The molecule has 0 bridgehead atoms. The third kappa shape index (κ3) is 5.23. The van der Waals surface area contributed by atoms with E-state index in [0.717, 1.165) is 43.6 Å². The van der Waals surface area contributed by atoms with E-state index < -0.39 is 0 Å². The van der Waals surface area contributed by atoms with Gasteiger partial charge < -0.3 is 9.47 Å². The van der Waals surface area contributed by atoms with Gasteiger partial charge in [-0.25, -0.2) is 4.68 Å². The average Bonchev–Trinajstić information content (AvgIpc) is 3.08. The van der Waals surface area contributed by atoms with Crippen LogP contribution in [0.15, 0.2) is 54.6 Å². The second-order valence-electron chi connectivity index (χ2n) is 8.80. The predicted molar refractivity (Wildman–Crippen MR) is 124 cm³/mol. The SMILES string of the molecule is CC(C)(C)c1ccc(-n2c(COc3ccccc3)nn(CN3CCOCC3)c2=S)cc1. The largest absolute Gasteiger partial charge is 0.486 e. The predicted octanol–water partition coefficient (Wildman–Crippen LogP) is 4.57. The highest BCUT2D eigenvalue weighted by molar-refractivity contribution is 7.71. The summed E-state index contributed by atoms with van der Waals surface area (Å²) in [6.45, 7) is 10.9. The van der Waals surface area contributed by atoms with E-state index in [0.29, 0.717) is 18.0 Å². The number of ether oxygens (including phenoxy) is 2. The number of para-hydroxylation sites is 1. The fourth-order valence-corrected chi connectivity index (χ4v) is 3.91. The van der Waals surface area contributed by atoms with E-state index in [2.05, 4.69) is 49.9 Å². The molecule has 7 heteroatoms. The quantitative estimate of drug-likeness (QED) is 0.528. The molecule has 2 aromatic carbocycles. The smallest absolute Gasteiger partial charge is 0.203 e. The molecule has 4 rings (SSSR count). The van der Waals surface area contributed by atoms with Gasteiger partial charge in [-0.2, -0.15) is 5.10 Å². The van der Waals surface area contributed by atoms with Gasteiger partial charge in [-0.15, -0.1) is 0 Å². The Morgan fingerprint density at radius 3 is 2.32 bits per heavy atom. The monoisotopic (exact) mass is 438 g/mol. The number of hydrogen-bond acceptors (Lipinski definition) is 5. The van der Waals surface area contributed by atoms with Gasteiger partial charge >= 0.3 is 0 Å². The maximum Gasteiger partial charge on any atom is 0.203 e. The summed E-state index contributed by atoms with van der Waals surface area (Å²) in [5.41, 5.74) is 2.38. The Hall–Kier alpha value is -2.48. The summed E-state index contributed by atoms with van der Waals surface area (Å²) in [5, 5.41) is 4.83. The van der Waals surface area contributed by atoms with Crippen LogP contribution in [0.1, 0.15) is 32.2 Å². The van der Waals surface area contributed by atoms with Crippen LogP contribution in [0.4, 0.5) is 0 Å². The first-order chi connectivity index (χ1) is 14.9. The molecule has 0 N–H and O–H groups in total. The Balaban J connectivity index is 1.66. The number of morpholine rings is 1. The zero-order valence-corrected chi connectivity index (χ0v) is 19.3. The molecule has 1 saturated heterocycles. The first-order valence-electron chi connectivity index (χ1n) is 10.7. The molecule has 0 amide bonds. The molecule has 1 aliphatic heterocycles. The van der Waals surface area contributed by atoms with E-state index in [-0.39, 0.29) is 5.41 Å². The molecule has 0 saturated carbocycles. The minimum absolute atomic E-state index is 0.0970. The maximum absolute atomic E-state index is 6.01. The fraction of sp³-hybridized carbons (Fsp3) is 0.417. The Bertz CT molecular complexity index is 1050. The highest BCUT2D eigenvalue weighted by Crippen LogP contribution is 2.24. The molecule has 1 aromatic heterocycles. The van der Waals surface area contributed by atoms with Gasteiger partial charge in [0.05, 0.1) is 19.9 Å². The molecule has 0 spiro atoms. The van der Waals surface area contributed by atoms with Crippen LogP contribution in [0.5, 0.6) is 5.75 Å². The van der Waals surface area contributed by atoms with Crippen molar-refractivity contribution in [3.05, 3.63) is 70.8 Å². The minimum atomic E-state index is 0.0970. The lowest BCUT2D eigenvalue weighted by atomic mass is 9.87. The molecule has 0 aliphatic carbocycles.